The number of carbonyl (C=O) groups excluding carboxylic acids is 2. The van der Waals surface area contributed by atoms with E-state index in [1.54, 1.807) is 19.2 Å². The topological polar surface area (TPSA) is 70.7 Å². The molecule has 4 aliphatic rings. The van der Waals surface area contributed by atoms with Crippen molar-refractivity contribution in [3.05, 3.63) is 59.7 Å². The number of ether oxygens (including phenoxy) is 1. The number of amides is 2. The Morgan fingerprint density at radius 1 is 0.971 bits per heavy atom. The van der Waals surface area contributed by atoms with Gasteiger partial charge in [-0.25, -0.2) is 0 Å². The van der Waals surface area contributed by atoms with E-state index in [4.69, 9.17) is 4.74 Å². The Balaban J connectivity index is 1.20. The van der Waals surface area contributed by atoms with Gasteiger partial charge in [-0.15, -0.1) is 0 Å². The molecule has 0 heterocycles. The highest BCUT2D eigenvalue weighted by atomic mass is 16.5. The van der Waals surface area contributed by atoms with Crippen molar-refractivity contribution in [2.24, 2.45) is 23.2 Å². The van der Waals surface area contributed by atoms with Gasteiger partial charge in [0.15, 0.2) is 0 Å². The van der Waals surface area contributed by atoms with E-state index < -0.39 is 0 Å². The fourth-order valence-electron chi connectivity index (χ4n) is 7.16. The van der Waals surface area contributed by atoms with E-state index in [0.29, 0.717) is 12.1 Å². The Hall–Kier alpha value is -2.86. The number of methoxy groups -OCH3 is 1. The summed E-state index contributed by atoms with van der Waals surface area (Å²) in [4.78, 5) is 28.3. The third-order valence-corrected chi connectivity index (χ3v) is 8.50. The number of benzene rings is 2. The van der Waals surface area contributed by atoms with Gasteiger partial charge in [-0.05, 0) is 101 Å². The van der Waals surface area contributed by atoms with Crippen LogP contribution in [-0.2, 0) is 4.79 Å². The summed E-state index contributed by atoms with van der Waals surface area (Å²) in [5.41, 5.74) is 2.20. The average Bonchev–Trinajstić information content (AvgIpc) is 2.83. The van der Waals surface area contributed by atoms with Crippen LogP contribution in [0.5, 0.6) is 5.75 Å². The van der Waals surface area contributed by atoms with Crippen LogP contribution >= 0.6 is 0 Å². The first-order valence-electron chi connectivity index (χ1n) is 12.9. The van der Waals surface area contributed by atoms with E-state index >= 15 is 0 Å². The highest BCUT2D eigenvalue weighted by Gasteiger charge is 2.54. The van der Waals surface area contributed by atoms with Crippen molar-refractivity contribution in [2.45, 2.75) is 44.6 Å². The molecule has 186 valence electrons. The van der Waals surface area contributed by atoms with E-state index in [9.17, 15) is 9.59 Å². The van der Waals surface area contributed by atoms with E-state index in [0.717, 1.165) is 54.0 Å². The number of carbonyl (C=O) groups is 2. The summed E-state index contributed by atoms with van der Waals surface area (Å²) >= 11 is 0. The minimum absolute atomic E-state index is 0.0195. The molecule has 1 atom stereocenters. The summed E-state index contributed by atoms with van der Waals surface area (Å²) in [6, 6.07) is 15.1. The van der Waals surface area contributed by atoms with Crippen LogP contribution in [0.2, 0.25) is 0 Å². The lowest BCUT2D eigenvalue weighted by Crippen LogP contribution is -2.51. The first kappa shape index (κ1) is 23.9. The van der Waals surface area contributed by atoms with Crippen LogP contribution in [0.4, 0.5) is 5.69 Å². The maximum Gasteiger partial charge on any atom is 0.251 e. The van der Waals surface area contributed by atoms with Gasteiger partial charge in [-0.2, -0.15) is 0 Å². The number of anilines is 1. The Bertz CT molecular complexity index is 1040. The molecule has 4 bridgehead atoms. The second kappa shape index (κ2) is 9.65. The largest absolute Gasteiger partial charge is 0.496 e. The molecule has 2 amide bonds. The molecule has 0 spiro atoms. The normalized spacial score (nSPS) is 27.5. The number of nitrogens with one attached hydrogen (secondary N) is 2. The van der Waals surface area contributed by atoms with Gasteiger partial charge in [-0.1, -0.05) is 18.2 Å². The molecule has 2 aromatic rings. The molecular formula is C29H37N3O3. The van der Waals surface area contributed by atoms with Crippen molar-refractivity contribution >= 4 is 17.5 Å². The van der Waals surface area contributed by atoms with Gasteiger partial charge in [0.1, 0.15) is 5.75 Å². The van der Waals surface area contributed by atoms with E-state index in [-0.39, 0.29) is 23.3 Å². The summed E-state index contributed by atoms with van der Waals surface area (Å²) in [7, 11) is 5.64. The third kappa shape index (κ3) is 4.81. The molecule has 4 fully saturated rings. The molecule has 6 rings (SSSR count). The number of rotatable bonds is 8. The molecule has 0 saturated heterocycles. The fourth-order valence-corrected chi connectivity index (χ4v) is 7.16. The Kier molecular flexibility index (Phi) is 6.58. The van der Waals surface area contributed by atoms with Crippen LogP contribution in [0.3, 0.4) is 0 Å². The Morgan fingerprint density at radius 3 is 2.14 bits per heavy atom. The Morgan fingerprint density at radius 2 is 1.57 bits per heavy atom. The lowest BCUT2D eigenvalue weighted by Gasteiger charge is -2.55. The van der Waals surface area contributed by atoms with Crippen molar-refractivity contribution in [3.8, 4) is 5.75 Å². The molecule has 4 aliphatic carbocycles. The lowest BCUT2D eigenvalue weighted by molar-refractivity contribution is -0.140. The molecule has 6 heteroatoms. The fraction of sp³-hybridized carbons (Fsp3) is 0.517. The summed E-state index contributed by atoms with van der Waals surface area (Å²) in [6.45, 7) is 0.455. The molecule has 0 aromatic heterocycles. The van der Waals surface area contributed by atoms with E-state index in [1.165, 1.54) is 19.3 Å². The number of nitrogens with zero attached hydrogens (tertiary/aromatic N) is 1. The summed E-state index contributed by atoms with van der Waals surface area (Å²) in [6.07, 6.45) is 7.10. The van der Waals surface area contributed by atoms with Gasteiger partial charge >= 0.3 is 0 Å². The molecule has 0 radical (unpaired) electrons. The minimum Gasteiger partial charge on any atom is -0.496 e. The van der Waals surface area contributed by atoms with Gasteiger partial charge < -0.3 is 20.3 Å². The molecule has 0 unspecified atom stereocenters. The highest BCUT2D eigenvalue weighted by Crippen LogP contribution is 2.60. The molecule has 4 saturated carbocycles. The summed E-state index contributed by atoms with van der Waals surface area (Å²) in [5, 5.41) is 6.23. The zero-order valence-electron chi connectivity index (χ0n) is 21.0. The molecule has 2 N–H and O–H groups in total. The van der Waals surface area contributed by atoms with Crippen molar-refractivity contribution < 1.29 is 14.3 Å². The number of para-hydroxylation sites is 1. The smallest absolute Gasteiger partial charge is 0.251 e. The van der Waals surface area contributed by atoms with Crippen molar-refractivity contribution in [1.29, 1.82) is 0 Å². The van der Waals surface area contributed by atoms with Gasteiger partial charge in [-0.3, -0.25) is 9.59 Å². The van der Waals surface area contributed by atoms with Crippen molar-refractivity contribution in [3.63, 3.8) is 0 Å². The quantitative estimate of drug-likeness (QED) is 0.571. The van der Waals surface area contributed by atoms with Crippen LogP contribution in [0.15, 0.2) is 48.5 Å². The van der Waals surface area contributed by atoms with Crippen LogP contribution < -0.4 is 15.4 Å². The summed E-state index contributed by atoms with van der Waals surface area (Å²) in [5.74, 6) is 3.06. The first-order valence-corrected chi connectivity index (χ1v) is 12.9. The monoisotopic (exact) mass is 475 g/mol. The van der Waals surface area contributed by atoms with E-state index in [1.807, 2.05) is 50.5 Å². The van der Waals surface area contributed by atoms with Crippen LogP contribution in [0.1, 0.15) is 60.5 Å². The maximum atomic E-state index is 13.3. The van der Waals surface area contributed by atoms with Gasteiger partial charge in [0, 0.05) is 23.4 Å². The molecule has 35 heavy (non-hydrogen) atoms. The predicted octanol–water partition coefficient (Wildman–Crippen LogP) is 4.88. The number of hydrogen-bond donors (Lipinski definition) is 2. The zero-order valence-corrected chi connectivity index (χ0v) is 21.0. The molecule has 2 aromatic carbocycles. The van der Waals surface area contributed by atoms with Crippen LogP contribution in [-0.4, -0.2) is 44.5 Å². The summed E-state index contributed by atoms with van der Waals surface area (Å²) < 4.78 is 5.52. The third-order valence-electron chi connectivity index (χ3n) is 8.50. The van der Waals surface area contributed by atoms with Crippen molar-refractivity contribution in [1.82, 2.24) is 10.2 Å². The zero-order chi connectivity index (χ0) is 24.6. The van der Waals surface area contributed by atoms with Crippen LogP contribution in [0.25, 0.3) is 0 Å². The minimum atomic E-state index is -0.176. The lowest BCUT2D eigenvalue weighted by atomic mass is 9.49. The predicted molar refractivity (Wildman–Crippen MR) is 137 cm³/mol. The Labute approximate surface area is 208 Å². The van der Waals surface area contributed by atoms with Gasteiger partial charge in [0.25, 0.3) is 5.91 Å². The molecule has 6 nitrogen and oxygen atoms in total. The second-order valence-corrected chi connectivity index (χ2v) is 11.2. The highest BCUT2D eigenvalue weighted by molar-refractivity contribution is 5.97. The average molecular weight is 476 g/mol. The van der Waals surface area contributed by atoms with Gasteiger partial charge in [0.05, 0.1) is 18.6 Å². The first-order chi connectivity index (χ1) is 16.9. The SMILES string of the molecule is COc1ccccc1[C@@H](CNC(=O)c1ccc(NC(=O)C23CC4CC(CC(C4)C2)C3)cc1)N(C)C. The van der Waals surface area contributed by atoms with Gasteiger partial charge in [0.2, 0.25) is 5.91 Å². The standard InChI is InChI=1S/C29H37N3O3/c1-32(2)25(24-6-4-5-7-26(24)35-3)18-30-27(33)22-8-10-23(11-9-22)31-28(34)29-15-19-12-20(16-29)14-21(13-19)17-29/h4-11,19-21,25H,12-18H2,1-3H3,(H,30,33)(H,31,34)/t19?,20?,21?,25-,29?/m1/s1. The van der Waals surface area contributed by atoms with Crippen LogP contribution in [0, 0.1) is 23.2 Å². The number of likely N-dealkylation sites (N-methyl/N-ethyl adjacent to an activating group) is 1. The maximum absolute atomic E-state index is 13.3. The molecular weight excluding hydrogens is 438 g/mol. The van der Waals surface area contributed by atoms with Crippen molar-refractivity contribution in [2.75, 3.05) is 33.1 Å². The molecule has 0 aliphatic heterocycles. The second-order valence-electron chi connectivity index (χ2n) is 11.2. The number of hydrogen-bond acceptors (Lipinski definition) is 4. The van der Waals surface area contributed by atoms with E-state index in [2.05, 4.69) is 15.5 Å².